The molecule has 1 aliphatic rings. The SMILES string of the molecule is C=CCNc1cnnc(N2CCN(c3cccc(C)c3C)CC2)n1. The van der Waals surface area contributed by atoms with Crippen molar-refractivity contribution >= 4 is 17.5 Å². The Balaban J connectivity index is 1.67. The lowest BCUT2D eigenvalue weighted by Crippen LogP contribution is -2.47. The predicted octanol–water partition coefficient (Wildman–Crippen LogP) is 2.41. The third-order valence-corrected chi connectivity index (χ3v) is 4.45. The van der Waals surface area contributed by atoms with Crippen LogP contribution >= 0.6 is 0 Å². The number of piperazine rings is 1. The van der Waals surface area contributed by atoms with Gasteiger partial charge in [0.15, 0.2) is 5.82 Å². The number of aryl methyl sites for hydroxylation is 1. The van der Waals surface area contributed by atoms with Crippen LogP contribution in [0.15, 0.2) is 37.1 Å². The average Bonchev–Trinajstić information content (AvgIpc) is 2.63. The molecule has 0 amide bonds. The molecule has 0 aliphatic carbocycles. The number of hydrogen-bond acceptors (Lipinski definition) is 6. The molecule has 1 saturated heterocycles. The van der Waals surface area contributed by atoms with Gasteiger partial charge in [-0.2, -0.15) is 10.1 Å². The van der Waals surface area contributed by atoms with Crippen molar-refractivity contribution in [3.05, 3.63) is 48.2 Å². The minimum Gasteiger partial charge on any atom is -0.368 e. The predicted molar refractivity (Wildman–Crippen MR) is 98.9 cm³/mol. The van der Waals surface area contributed by atoms with E-state index in [1.165, 1.54) is 16.8 Å². The minimum atomic E-state index is 0.665. The summed E-state index contributed by atoms with van der Waals surface area (Å²) in [5, 5.41) is 11.4. The first-order valence-electron chi connectivity index (χ1n) is 8.29. The van der Waals surface area contributed by atoms with Crippen molar-refractivity contribution in [3.8, 4) is 0 Å². The molecule has 1 N–H and O–H groups in total. The van der Waals surface area contributed by atoms with Crippen LogP contribution in [0.1, 0.15) is 11.1 Å². The quantitative estimate of drug-likeness (QED) is 0.853. The Labute approximate surface area is 143 Å². The second-order valence-electron chi connectivity index (χ2n) is 6.00. The summed E-state index contributed by atoms with van der Waals surface area (Å²) in [6, 6.07) is 6.50. The molecule has 6 heteroatoms. The molecule has 24 heavy (non-hydrogen) atoms. The van der Waals surface area contributed by atoms with Gasteiger partial charge < -0.3 is 15.1 Å². The molecule has 126 valence electrons. The van der Waals surface area contributed by atoms with E-state index in [1.54, 1.807) is 12.3 Å². The molecule has 0 bridgehead atoms. The van der Waals surface area contributed by atoms with Gasteiger partial charge in [-0.3, -0.25) is 0 Å². The molecule has 2 aromatic rings. The molecule has 1 aromatic carbocycles. The van der Waals surface area contributed by atoms with Crippen LogP contribution in [0.25, 0.3) is 0 Å². The number of nitrogens with zero attached hydrogens (tertiary/aromatic N) is 5. The Bertz CT molecular complexity index is 706. The topological polar surface area (TPSA) is 57.2 Å². The van der Waals surface area contributed by atoms with Crippen LogP contribution in [0.4, 0.5) is 17.5 Å². The number of rotatable bonds is 5. The van der Waals surface area contributed by atoms with Crippen molar-refractivity contribution in [2.24, 2.45) is 0 Å². The third-order valence-electron chi connectivity index (χ3n) is 4.45. The van der Waals surface area contributed by atoms with Crippen LogP contribution in [-0.2, 0) is 0 Å². The normalized spacial score (nSPS) is 14.6. The van der Waals surface area contributed by atoms with Gasteiger partial charge in [-0.25, -0.2) is 0 Å². The zero-order valence-corrected chi connectivity index (χ0v) is 14.4. The van der Waals surface area contributed by atoms with Gasteiger partial charge in [-0.1, -0.05) is 18.2 Å². The van der Waals surface area contributed by atoms with Crippen molar-refractivity contribution in [1.82, 2.24) is 15.2 Å². The summed E-state index contributed by atoms with van der Waals surface area (Å²) in [6.07, 6.45) is 3.43. The second kappa shape index (κ2) is 7.29. The van der Waals surface area contributed by atoms with E-state index in [9.17, 15) is 0 Å². The maximum Gasteiger partial charge on any atom is 0.247 e. The van der Waals surface area contributed by atoms with Crippen LogP contribution in [0.5, 0.6) is 0 Å². The Morgan fingerprint density at radius 1 is 1.17 bits per heavy atom. The zero-order chi connectivity index (χ0) is 16.9. The molecule has 3 rings (SSSR count). The molecule has 0 spiro atoms. The van der Waals surface area contributed by atoms with Crippen LogP contribution in [0.3, 0.4) is 0 Å². The van der Waals surface area contributed by atoms with E-state index in [4.69, 9.17) is 0 Å². The van der Waals surface area contributed by atoms with Gasteiger partial charge in [0.25, 0.3) is 0 Å². The van der Waals surface area contributed by atoms with Gasteiger partial charge in [-0.05, 0) is 31.0 Å². The fraction of sp³-hybridized carbons (Fsp3) is 0.389. The molecule has 0 radical (unpaired) electrons. The summed E-state index contributed by atoms with van der Waals surface area (Å²) in [6.45, 7) is 12.4. The van der Waals surface area contributed by atoms with E-state index in [-0.39, 0.29) is 0 Å². The van der Waals surface area contributed by atoms with Gasteiger partial charge in [-0.15, -0.1) is 11.7 Å². The van der Waals surface area contributed by atoms with Crippen LogP contribution < -0.4 is 15.1 Å². The second-order valence-corrected chi connectivity index (χ2v) is 6.00. The van der Waals surface area contributed by atoms with Gasteiger partial charge >= 0.3 is 0 Å². The highest BCUT2D eigenvalue weighted by Crippen LogP contribution is 2.24. The number of benzene rings is 1. The van der Waals surface area contributed by atoms with Crippen molar-refractivity contribution in [2.75, 3.05) is 47.8 Å². The van der Waals surface area contributed by atoms with Gasteiger partial charge in [0.1, 0.15) is 0 Å². The van der Waals surface area contributed by atoms with E-state index in [2.05, 4.69) is 68.9 Å². The Morgan fingerprint density at radius 2 is 1.92 bits per heavy atom. The molecule has 1 aliphatic heterocycles. The zero-order valence-electron chi connectivity index (χ0n) is 14.4. The van der Waals surface area contributed by atoms with Crippen molar-refractivity contribution in [3.63, 3.8) is 0 Å². The van der Waals surface area contributed by atoms with E-state index in [0.717, 1.165) is 32.0 Å². The first-order chi connectivity index (χ1) is 11.7. The van der Waals surface area contributed by atoms with E-state index >= 15 is 0 Å². The Morgan fingerprint density at radius 3 is 2.67 bits per heavy atom. The Kier molecular flexibility index (Phi) is 4.93. The standard InChI is InChI=1S/C18H24N6/c1-4-8-19-17-13-20-22-18(21-17)24-11-9-23(10-12-24)16-7-5-6-14(2)15(16)3/h4-7,13H,1,8-12H2,2-3H3,(H,19,21,22). The van der Waals surface area contributed by atoms with Crippen LogP contribution in [0, 0.1) is 13.8 Å². The molecule has 1 fully saturated rings. The van der Waals surface area contributed by atoms with Gasteiger partial charge in [0.05, 0.1) is 6.20 Å². The lowest BCUT2D eigenvalue weighted by molar-refractivity contribution is 0.634. The summed E-state index contributed by atoms with van der Waals surface area (Å²) in [7, 11) is 0. The van der Waals surface area contributed by atoms with Crippen LogP contribution in [-0.4, -0.2) is 47.9 Å². The average molecular weight is 324 g/mol. The highest BCUT2D eigenvalue weighted by molar-refractivity contribution is 5.57. The molecular weight excluding hydrogens is 300 g/mol. The molecule has 6 nitrogen and oxygen atoms in total. The maximum atomic E-state index is 4.54. The third kappa shape index (κ3) is 3.48. The number of aromatic nitrogens is 3. The molecule has 0 atom stereocenters. The summed E-state index contributed by atoms with van der Waals surface area (Å²) in [5.74, 6) is 1.42. The Hall–Kier alpha value is -2.63. The van der Waals surface area contributed by atoms with Crippen molar-refractivity contribution in [1.29, 1.82) is 0 Å². The van der Waals surface area contributed by atoms with Crippen LogP contribution in [0.2, 0.25) is 0 Å². The highest BCUT2D eigenvalue weighted by atomic mass is 15.4. The first-order valence-corrected chi connectivity index (χ1v) is 8.29. The fourth-order valence-electron chi connectivity index (χ4n) is 2.92. The van der Waals surface area contributed by atoms with E-state index in [0.29, 0.717) is 12.5 Å². The molecule has 0 saturated carbocycles. The smallest absolute Gasteiger partial charge is 0.247 e. The number of hydrogen-bond donors (Lipinski definition) is 1. The minimum absolute atomic E-state index is 0.665. The number of nitrogens with one attached hydrogen (secondary N) is 1. The van der Waals surface area contributed by atoms with E-state index in [1.807, 2.05) is 0 Å². The highest BCUT2D eigenvalue weighted by Gasteiger charge is 2.21. The summed E-state index contributed by atoms with van der Waals surface area (Å²) in [5.41, 5.74) is 4.03. The molecular formula is C18H24N6. The molecule has 1 aromatic heterocycles. The van der Waals surface area contributed by atoms with Crippen molar-refractivity contribution < 1.29 is 0 Å². The van der Waals surface area contributed by atoms with Crippen molar-refractivity contribution in [2.45, 2.75) is 13.8 Å². The van der Waals surface area contributed by atoms with E-state index < -0.39 is 0 Å². The summed E-state index contributed by atoms with van der Waals surface area (Å²) in [4.78, 5) is 9.16. The van der Waals surface area contributed by atoms with Gasteiger partial charge in [0.2, 0.25) is 5.95 Å². The lowest BCUT2D eigenvalue weighted by atomic mass is 10.1. The fourth-order valence-corrected chi connectivity index (χ4v) is 2.92. The largest absolute Gasteiger partial charge is 0.368 e. The lowest BCUT2D eigenvalue weighted by Gasteiger charge is -2.36. The summed E-state index contributed by atoms with van der Waals surface area (Å²) < 4.78 is 0. The maximum absolute atomic E-state index is 4.54. The van der Waals surface area contributed by atoms with Gasteiger partial charge in [0, 0.05) is 38.4 Å². The first kappa shape index (κ1) is 16.2. The monoisotopic (exact) mass is 324 g/mol. The summed E-state index contributed by atoms with van der Waals surface area (Å²) >= 11 is 0. The number of anilines is 3. The molecule has 2 heterocycles. The molecule has 0 unspecified atom stereocenters.